The Morgan fingerprint density at radius 3 is 2.09 bits per heavy atom. The molecule has 3 rings (SSSR count). The second-order valence-electron chi connectivity index (χ2n) is 9.55. The molecule has 0 radical (unpaired) electrons. The van der Waals surface area contributed by atoms with Crippen LogP contribution in [0.1, 0.15) is 59.5 Å². The molecule has 0 aliphatic carbocycles. The fraction of sp³-hybridized carbons (Fsp3) is 0.276. The zero-order valence-corrected chi connectivity index (χ0v) is 20.7. The molecule has 6 nitrogen and oxygen atoms in total. The Kier molecular flexibility index (Phi) is 8.42. The highest BCUT2D eigenvalue weighted by Crippen LogP contribution is 2.22. The van der Waals surface area contributed by atoms with Crippen molar-refractivity contribution in [1.29, 1.82) is 0 Å². The molecule has 35 heavy (non-hydrogen) atoms. The first-order valence-corrected chi connectivity index (χ1v) is 11.8. The molecule has 0 saturated heterocycles. The Morgan fingerprint density at radius 1 is 0.800 bits per heavy atom. The summed E-state index contributed by atoms with van der Waals surface area (Å²) in [5.74, 6) is -1.01. The van der Waals surface area contributed by atoms with E-state index in [2.05, 4.69) is 36.7 Å². The van der Waals surface area contributed by atoms with E-state index in [1.54, 1.807) is 43.3 Å². The highest BCUT2D eigenvalue weighted by molar-refractivity contribution is 6.06. The molecule has 0 spiro atoms. The molecule has 0 aliphatic heterocycles. The van der Waals surface area contributed by atoms with Gasteiger partial charge in [0.1, 0.15) is 6.04 Å². The maximum Gasteiger partial charge on any atom is 0.253 e. The van der Waals surface area contributed by atoms with Crippen LogP contribution in [0.2, 0.25) is 0 Å². The average molecular weight is 472 g/mol. The van der Waals surface area contributed by atoms with Crippen molar-refractivity contribution in [2.24, 2.45) is 0 Å². The van der Waals surface area contributed by atoms with Gasteiger partial charge in [-0.05, 0) is 54.2 Å². The molecule has 0 saturated carbocycles. The van der Waals surface area contributed by atoms with Gasteiger partial charge in [-0.1, -0.05) is 75.4 Å². The molecule has 3 aromatic rings. The van der Waals surface area contributed by atoms with Crippen molar-refractivity contribution in [3.8, 4) is 0 Å². The SMILES string of the molecule is CC(NC(=O)c1ccc(C(C)(C)C)cc1)C(=O)Nc1ccccc1C(=O)NCCc1ccccc1. The van der Waals surface area contributed by atoms with E-state index in [0.29, 0.717) is 29.8 Å². The van der Waals surface area contributed by atoms with Gasteiger partial charge in [-0.3, -0.25) is 14.4 Å². The molecule has 1 atom stereocenters. The molecule has 3 amide bonds. The molecule has 0 fully saturated rings. The summed E-state index contributed by atoms with van der Waals surface area (Å²) in [4.78, 5) is 38.1. The zero-order chi connectivity index (χ0) is 25.4. The number of carbonyl (C=O) groups excluding carboxylic acids is 3. The Labute approximate surface area is 207 Å². The molecule has 182 valence electrons. The number of para-hydroxylation sites is 1. The second-order valence-corrected chi connectivity index (χ2v) is 9.55. The lowest BCUT2D eigenvalue weighted by Gasteiger charge is -2.19. The molecular weight excluding hydrogens is 438 g/mol. The van der Waals surface area contributed by atoms with Crippen molar-refractivity contribution in [3.05, 3.63) is 101 Å². The molecule has 0 aromatic heterocycles. The number of rotatable bonds is 8. The van der Waals surface area contributed by atoms with E-state index in [1.807, 2.05) is 42.5 Å². The third kappa shape index (κ3) is 7.27. The summed E-state index contributed by atoms with van der Waals surface area (Å²) >= 11 is 0. The number of hydrogen-bond acceptors (Lipinski definition) is 3. The second kappa shape index (κ2) is 11.5. The lowest BCUT2D eigenvalue weighted by molar-refractivity contribution is -0.117. The van der Waals surface area contributed by atoms with Gasteiger partial charge >= 0.3 is 0 Å². The topological polar surface area (TPSA) is 87.3 Å². The number of amides is 3. The van der Waals surface area contributed by atoms with Crippen molar-refractivity contribution < 1.29 is 14.4 Å². The summed E-state index contributed by atoms with van der Waals surface area (Å²) in [6.07, 6.45) is 0.709. The van der Waals surface area contributed by atoms with Crippen LogP contribution in [0.25, 0.3) is 0 Å². The van der Waals surface area contributed by atoms with E-state index in [1.165, 1.54) is 0 Å². The first kappa shape index (κ1) is 25.7. The quantitative estimate of drug-likeness (QED) is 0.445. The largest absolute Gasteiger partial charge is 0.352 e. The van der Waals surface area contributed by atoms with Crippen LogP contribution >= 0.6 is 0 Å². The summed E-state index contributed by atoms with van der Waals surface area (Å²) in [6.45, 7) is 8.41. The van der Waals surface area contributed by atoms with Gasteiger partial charge in [0.25, 0.3) is 11.8 Å². The summed E-state index contributed by atoms with van der Waals surface area (Å²) in [6, 6.07) is 23.3. The van der Waals surface area contributed by atoms with Gasteiger partial charge in [-0.15, -0.1) is 0 Å². The first-order chi connectivity index (χ1) is 16.6. The Bertz CT molecular complexity index is 1170. The van der Waals surface area contributed by atoms with Crippen LogP contribution in [0.4, 0.5) is 5.69 Å². The number of carbonyl (C=O) groups is 3. The summed E-state index contributed by atoms with van der Waals surface area (Å²) in [7, 11) is 0. The maximum atomic E-state index is 12.8. The molecule has 0 heterocycles. The molecule has 3 aromatic carbocycles. The van der Waals surface area contributed by atoms with Gasteiger partial charge in [-0.25, -0.2) is 0 Å². The predicted molar refractivity (Wildman–Crippen MR) is 140 cm³/mol. The minimum atomic E-state index is -0.793. The van der Waals surface area contributed by atoms with E-state index in [0.717, 1.165) is 11.1 Å². The van der Waals surface area contributed by atoms with Crippen LogP contribution in [0.5, 0.6) is 0 Å². The lowest BCUT2D eigenvalue weighted by atomic mass is 9.86. The Balaban J connectivity index is 1.58. The van der Waals surface area contributed by atoms with Crippen molar-refractivity contribution in [1.82, 2.24) is 10.6 Å². The smallest absolute Gasteiger partial charge is 0.253 e. The van der Waals surface area contributed by atoms with Crippen LogP contribution in [0.3, 0.4) is 0 Å². The number of anilines is 1. The molecule has 0 bridgehead atoms. The highest BCUT2D eigenvalue weighted by Gasteiger charge is 2.20. The fourth-order valence-electron chi connectivity index (χ4n) is 3.56. The Hall–Kier alpha value is -3.93. The van der Waals surface area contributed by atoms with Crippen molar-refractivity contribution in [2.45, 2.75) is 45.6 Å². The van der Waals surface area contributed by atoms with Crippen LogP contribution in [0, 0.1) is 0 Å². The van der Waals surface area contributed by atoms with Gasteiger partial charge in [0, 0.05) is 12.1 Å². The van der Waals surface area contributed by atoms with Gasteiger partial charge < -0.3 is 16.0 Å². The third-order valence-electron chi connectivity index (χ3n) is 5.73. The van der Waals surface area contributed by atoms with Crippen LogP contribution < -0.4 is 16.0 Å². The summed E-state index contributed by atoms with van der Waals surface area (Å²) < 4.78 is 0. The van der Waals surface area contributed by atoms with Gasteiger partial charge in [0.2, 0.25) is 5.91 Å². The van der Waals surface area contributed by atoms with E-state index >= 15 is 0 Å². The molecule has 0 aliphatic rings. The average Bonchev–Trinajstić information content (AvgIpc) is 2.84. The highest BCUT2D eigenvalue weighted by atomic mass is 16.2. The fourth-order valence-corrected chi connectivity index (χ4v) is 3.56. The summed E-state index contributed by atoms with van der Waals surface area (Å²) in [5, 5.41) is 8.39. The standard InChI is InChI=1S/C29H33N3O3/c1-20(31-27(34)22-14-16-23(17-15-22)29(2,3)4)26(33)32-25-13-9-8-12-24(25)28(35)30-19-18-21-10-6-5-7-11-21/h5-17,20H,18-19H2,1-4H3,(H,30,35)(H,31,34)(H,32,33). The van der Waals surface area contributed by atoms with E-state index in [4.69, 9.17) is 0 Å². The number of nitrogens with one attached hydrogen (secondary N) is 3. The molecule has 6 heteroatoms. The minimum Gasteiger partial charge on any atom is -0.352 e. The Morgan fingerprint density at radius 2 is 1.43 bits per heavy atom. The molecule has 3 N–H and O–H groups in total. The van der Waals surface area contributed by atoms with E-state index < -0.39 is 11.9 Å². The number of hydrogen-bond donors (Lipinski definition) is 3. The summed E-state index contributed by atoms with van der Waals surface area (Å²) in [5.41, 5.74) is 3.49. The normalized spacial score (nSPS) is 11.9. The maximum absolute atomic E-state index is 12.8. The van der Waals surface area contributed by atoms with Crippen LogP contribution in [0.15, 0.2) is 78.9 Å². The van der Waals surface area contributed by atoms with E-state index in [9.17, 15) is 14.4 Å². The van der Waals surface area contributed by atoms with Gasteiger partial charge in [0.05, 0.1) is 11.3 Å². The monoisotopic (exact) mass is 471 g/mol. The van der Waals surface area contributed by atoms with Gasteiger partial charge in [-0.2, -0.15) is 0 Å². The molecular formula is C29H33N3O3. The zero-order valence-electron chi connectivity index (χ0n) is 20.7. The van der Waals surface area contributed by atoms with Crippen LogP contribution in [-0.2, 0) is 16.6 Å². The third-order valence-corrected chi connectivity index (χ3v) is 5.73. The number of benzene rings is 3. The van der Waals surface area contributed by atoms with E-state index in [-0.39, 0.29) is 17.2 Å². The first-order valence-electron chi connectivity index (χ1n) is 11.8. The van der Waals surface area contributed by atoms with Crippen molar-refractivity contribution >= 4 is 23.4 Å². The minimum absolute atomic E-state index is 0.0105. The molecule has 1 unspecified atom stereocenters. The van der Waals surface area contributed by atoms with Crippen molar-refractivity contribution in [3.63, 3.8) is 0 Å². The van der Waals surface area contributed by atoms with Crippen LogP contribution in [-0.4, -0.2) is 30.3 Å². The van der Waals surface area contributed by atoms with Crippen molar-refractivity contribution in [2.75, 3.05) is 11.9 Å². The van der Waals surface area contributed by atoms with Gasteiger partial charge in [0.15, 0.2) is 0 Å². The predicted octanol–water partition coefficient (Wildman–Crippen LogP) is 4.71. The lowest BCUT2D eigenvalue weighted by Crippen LogP contribution is -2.42.